The van der Waals surface area contributed by atoms with Crippen molar-refractivity contribution in [1.29, 1.82) is 0 Å². The molecule has 0 unspecified atom stereocenters. The zero-order valence-electron chi connectivity index (χ0n) is 8.03. The summed E-state index contributed by atoms with van der Waals surface area (Å²) in [4.78, 5) is 15.1. The molecular weight excluding hydrogens is 252 g/mol. The van der Waals surface area contributed by atoms with E-state index in [9.17, 15) is 13.2 Å². The molecule has 0 spiro atoms. The van der Waals surface area contributed by atoms with Crippen molar-refractivity contribution in [2.75, 3.05) is 5.75 Å². The number of aromatic nitrogens is 2. The summed E-state index contributed by atoms with van der Waals surface area (Å²) in [6.07, 6.45) is 3.35. The standard InChI is InChI=1S/C8H8N2O4S2/c11-7(12)5-16(13,14)4-6-3-10-1-2-15-8(10)9-6/h1-3H,4-5H2,(H,11,12). The molecule has 0 aliphatic rings. The van der Waals surface area contributed by atoms with E-state index in [1.54, 1.807) is 16.8 Å². The molecule has 0 aromatic carbocycles. The first kappa shape index (κ1) is 11.1. The maximum absolute atomic E-state index is 11.4. The first-order valence-corrected chi connectivity index (χ1v) is 7.00. The van der Waals surface area contributed by atoms with Crippen LogP contribution in [0.25, 0.3) is 4.96 Å². The molecule has 0 saturated carbocycles. The molecule has 0 amide bonds. The van der Waals surface area contributed by atoms with Crippen molar-refractivity contribution in [2.45, 2.75) is 5.75 Å². The van der Waals surface area contributed by atoms with Crippen molar-refractivity contribution < 1.29 is 18.3 Å². The predicted octanol–water partition coefficient (Wildman–Crippen LogP) is 0.395. The van der Waals surface area contributed by atoms with Crippen molar-refractivity contribution in [2.24, 2.45) is 0 Å². The second kappa shape index (κ2) is 3.87. The molecule has 0 aliphatic carbocycles. The Morgan fingerprint density at radius 3 is 2.94 bits per heavy atom. The van der Waals surface area contributed by atoms with Gasteiger partial charge >= 0.3 is 5.97 Å². The van der Waals surface area contributed by atoms with E-state index in [1.165, 1.54) is 11.3 Å². The Labute approximate surface area is 95.1 Å². The van der Waals surface area contributed by atoms with Crippen molar-refractivity contribution in [1.82, 2.24) is 9.38 Å². The largest absolute Gasteiger partial charge is 0.480 e. The van der Waals surface area contributed by atoms with Crippen LogP contribution in [0.15, 0.2) is 17.8 Å². The van der Waals surface area contributed by atoms with Crippen LogP contribution in [0.1, 0.15) is 5.69 Å². The van der Waals surface area contributed by atoms with Gasteiger partial charge in [0.05, 0.1) is 11.4 Å². The summed E-state index contributed by atoms with van der Waals surface area (Å²) in [5.74, 6) is -2.55. The van der Waals surface area contributed by atoms with E-state index in [4.69, 9.17) is 5.11 Å². The van der Waals surface area contributed by atoms with Crippen molar-refractivity contribution in [3.05, 3.63) is 23.5 Å². The molecule has 0 fully saturated rings. The van der Waals surface area contributed by atoms with Gasteiger partial charge in [-0.1, -0.05) is 0 Å². The van der Waals surface area contributed by atoms with Crippen LogP contribution in [-0.2, 0) is 20.4 Å². The average molecular weight is 260 g/mol. The van der Waals surface area contributed by atoms with Gasteiger partial charge in [0.1, 0.15) is 5.75 Å². The number of rotatable bonds is 4. The van der Waals surface area contributed by atoms with E-state index in [2.05, 4.69) is 4.98 Å². The van der Waals surface area contributed by atoms with Gasteiger partial charge in [-0.05, 0) is 0 Å². The molecule has 2 heterocycles. The monoisotopic (exact) mass is 260 g/mol. The predicted molar refractivity (Wildman–Crippen MR) is 58.2 cm³/mol. The molecule has 2 aromatic heterocycles. The van der Waals surface area contributed by atoms with Crippen molar-refractivity contribution >= 4 is 32.1 Å². The number of carboxylic acid groups (broad SMARTS) is 1. The Morgan fingerprint density at radius 2 is 2.31 bits per heavy atom. The number of aliphatic carboxylic acids is 1. The minimum atomic E-state index is -3.63. The lowest BCUT2D eigenvalue weighted by Crippen LogP contribution is -2.17. The summed E-state index contributed by atoms with van der Waals surface area (Å²) >= 11 is 1.39. The number of hydrogen-bond donors (Lipinski definition) is 1. The third-order valence-corrected chi connectivity index (χ3v) is 4.05. The maximum Gasteiger partial charge on any atom is 0.318 e. The first-order chi connectivity index (χ1) is 7.46. The number of hydrogen-bond acceptors (Lipinski definition) is 5. The van der Waals surface area contributed by atoms with Gasteiger partial charge < -0.3 is 5.11 Å². The quantitative estimate of drug-likeness (QED) is 0.859. The maximum atomic E-state index is 11.4. The van der Waals surface area contributed by atoms with Crippen LogP contribution in [0.3, 0.4) is 0 Å². The fourth-order valence-corrected chi connectivity index (χ4v) is 3.10. The highest BCUT2D eigenvalue weighted by Gasteiger charge is 2.18. The van der Waals surface area contributed by atoms with E-state index >= 15 is 0 Å². The lowest BCUT2D eigenvalue weighted by atomic mass is 10.6. The van der Waals surface area contributed by atoms with Gasteiger partial charge in [0.25, 0.3) is 0 Å². The van der Waals surface area contributed by atoms with Crippen LogP contribution in [0.2, 0.25) is 0 Å². The fourth-order valence-electron chi connectivity index (χ4n) is 1.31. The third kappa shape index (κ3) is 2.39. The Hall–Kier alpha value is -1.41. The molecule has 2 rings (SSSR count). The molecule has 16 heavy (non-hydrogen) atoms. The number of carboxylic acids is 1. The summed E-state index contributed by atoms with van der Waals surface area (Å²) in [6, 6.07) is 0. The number of imidazole rings is 1. The fraction of sp³-hybridized carbons (Fsp3) is 0.250. The highest BCUT2D eigenvalue weighted by molar-refractivity contribution is 7.91. The highest BCUT2D eigenvalue weighted by atomic mass is 32.2. The van der Waals surface area contributed by atoms with Crippen LogP contribution < -0.4 is 0 Å². The SMILES string of the molecule is O=C(O)CS(=O)(=O)Cc1cn2ccsc2n1. The van der Waals surface area contributed by atoms with E-state index < -0.39 is 21.6 Å². The van der Waals surface area contributed by atoms with Crippen molar-refractivity contribution in [3.63, 3.8) is 0 Å². The van der Waals surface area contributed by atoms with Gasteiger partial charge in [-0.15, -0.1) is 11.3 Å². The van der Waals surface area contributed by atoms with Gasteiger partial charge in [0, 0.05) is 17.8 Å². The normalized spacial score (nSPS) is 12.0. The van der Waals surface area contributed by atoms with E-state index in [-0.39, 0.29) is 5.75 Å². The molecule has 86 valence electrons. The summed E-state index contributed by atoms with van der Waals surface area (Å²) in [6.45, 7) is 0. The van der Waals surface area contributed by atoms with Gasteiger partial charge in [-0.2, -0.15) is 0 Å². The molecule has 8 heteroatoms. The van der Waals surface area contributed by atoms with Crippen LogP contribution in [0, 0.1) is 0 Å². The molecule has 0 atom stereocenters. The Bertz CT molecular complexity index is 597. The lowest BCUT2D eigenvalue weighted by Gasteiger charge is -1.96. The minimum absolute atomic E-state index is 0.340. The summed E-state index contributed by atoms with van der Waals surface area (Å²) in [5.41, 5.74) is 0.369. The molecule has 0 aliphatic heterocycles. The number of fused-ring (bicyclic) bond motifs is 1. The van der Waals surface area contributed by atoms with Crippen LogP contribution >= 0.6 is 11.3 Å². The second-order valence-electron chi connectivity index (χ2n) is 3.25. The molecule has 6 nitrogen and oxygen atoms in total. The van der Waals surface area contributed by atoms with Crippen LogP contribution in [0.4, 0.5) is 0 Å². The summed E-state index contributed by atoms with van der Waals surface area (Å²) < 4.78 is 24.5. The van der Waals surface area contributed by atoms with Crippen LogP contribution in [0.5, 0.6) is 0 Å². The number of carbonyl (C=O) groups is 1. The Kier molecular flexibility index (Phi) is 2.68. The zero-order chi connectivity index (χ0) is 11.8. The molecule has 2 aromatic rings. The van der Waals surface area contributed by atoms with Gasteiger partial charge in [-0.25, -0.2) is 13.4 Å². The lowest BCUT2D eigenvalue weighted by molar-refractivity contribution is -0.134. The summed E-state index contributed by atoms with van der Waals surface area (Å²) in [5, 5.41) is 10.3. The Balaban J connectivity index is 2.21. The third-order valence-electron chi connectivity index (χ3n) is 1.85. The number of nitrogens with zero attached hydrogens (tertiary/aromatic N) is 2. The average Bonchev–Trinajstić information content (AvgIpc) is 2.58. The molecule has 0 saturated heterocycles. The van der Waals surface area contributed by atoms with Crippen molar-refractivity contribution in [3.8, 4) is 0 Å². The Morgan fingerprint density at radius 1 is 1.56 bits per heavy atom. The molecule has 0 radical (unpaired) electrons. The van der Waals surface area contributed by atoms with Crippen LogP contribution in [-0.4, -0.2) is 34.6 Å². The van der Waals surface area contributed by atoms with E-state index in [0.717, 1.165) is 0 Å². The molecular formula is C8H8N2O4S2. The van der Waals surface area contributed by atoms with Gasteiger partial charge in [0.15, 0.2) is 14.8 Å². The second-order valence-corrected chi connectivity index (χ2v) is 6.19. The molecule has 0 bridgehead atoms. The zero-order valence-corrected chi connectivity index (χ0v) is 9.66. The highest BCUT2D eigenvalue weighted by Crippen LogP contribution is 2.13. The van der Waals surface area contributed by atoms with Gasteiger partial charge in [-0.3, -0.25) is 9.20 Å². The summed E-state index contributed by atoms with van der Waals surface area (Å²) in [7, 11) is -3.63. The van der Waals surface area contributed by atoms with Gasteiger partial charge in [0.2, 0.25) is 0 Å². The van der Waals surface area contributed by atoms with E-state index in [1.807, 2.05) is 5.38 Å². The minimum Gasteiger partial charge on any atom is -0.480 e. The van der Waals surface area contributed by atoms with E-state index in [0.29, 0.717) is 10.7 Å². The number of sulfone groups is 1. The topological polar surface area (TPSA) is 88.7 Å². The first-order valence-electron chi connectivity index (χ1n) is 4.29. The smallest absolute Gasteiger partial charge is 0.318 e. The number of thiazole rings is 1. The molecule has 1 N–H and O–H groups in total.